The van der Waals surface area contributed by atoms with Crippen LogP contribution in [-0.2, 0) is 0 Å². The lowest BCUT2D eigenvalue weighted by Gasteiger charge is -1.65. The van der Waals surface area contributed by atoms with Gasteiger partial charge in [-0.25, -0.2) is 0 Å². The maximum atomic E-state index is 11.6. The van der Waals surface area contributed by atoms with Crippen LogP contribution in [0.25, 0.3) is 0 Å². The molecule has 0 radical (unpaired) electrons. The Hall–Kier alpha value is -0.580. The van der Waals surface area contributed by atoms with Gasteiger partial charge in [-0.3, -0.25) is 0 Å². The zero-order valence-electron chi connectivity index (χ0n) is 3.06. The molecule has 0 saturated carbocycles. The van der Waals surface area contributed by atoms with Crippen LogP contribution in [0, 0.1) is 11.1 Å². The highest BCUT2D eigenvalue weighted by Gasteiger charge is 2.01. The van der Waals surface area contributed by atoms with Gasteiger partial charge in [0.15, 0.2) is 0 Å². The Bertz CT molecular complexity index is 146. The predicted octanol–water partition coefficient (Wildman–Crippen LogP) is 0.816. The molecule has 2 nitrogen and oxygen atoms in total. The Morgan fingerprint density at radius 3 is 2.29 bits per heavy atom. The van der Waals surface area contributed by atoms with Crippen LogP contribution in [-0.4, -0.2) is 9.59 Å². The SMILES string of the molecule is Fc1nnsc1F. The van der Waals surface area contributed by atoms with Gasteiger partial charge in [-0.15, -0.1) is 5.10 Å². The number of nitrogens with zero attached hydrogens (tertiary/aromatic N) is 2. The predicted molar refractivity (Wildman–Crippen MR) is 19.8 cm³/mol. The Morgan fingerprint density at radius 2 is 2.14 bits per heavy atom. The summed E-state index contributed by atoms with van der Waals surface area (Å²) >= 11 is 0.402. The third kappa shape index (κ3) is 0.714. The Morgan fingerprint density at radius 1 is 1.43 bits per heavy atom. The van der Waals surface area contributed by atoms with Crippen molar-refractivity contribution < 1.29 is 8.78 Å². The van der Waals surface area contributed by atoms with Crippen molar-refractivity contribution in [2.45, 2.75) is 0 Å². The molecule has 0 aliphatic rings. The fourth-order valence-corrected chi connectivity index (χ4v) is 0.469. The lowest BCUT2D eigenvalue weighted by atomic mass is 10.9. The van der Waals surface area contributed by atoms with Crippen molar-refractivity contribution in [3.8, 4) is 0 Å². The van der Waals surface area contributed by atoms with Gasteiger partial charge in [0.1, 0.15) is 0 Å². The first-order valence-electron chi connectivity index (χ1n) is 1.44. The third-order valence-corrected chi connectivity index (χ3v) is 0.904. The van der Waals surface area contributed by atoms with Gasteiger partial charge >= 0.3 is 0 Å². The fraction of sp³-hybridized carbons (Fsp3) is 0. The first-order chi connectivity index (χ1) is 3.30. The quantitative estimate of drug-likeness (QED) is 0.509. The molecule has 1 aromatic rings. The second-order valence-electron chi connectivity index (χ2n) is 0.837. The molecule has 1 heterocycles. The summed E-state index contributed by atoms with van der Waals surface area (Å²) in [5, 5.41) is 1.78. The molecule has 0 unspecified atom stereocenters. The van der Waals surface area contributed by atoms with Crippen LogP contribution in [0.4, 0.5) is 8.78 Å². The molecule has 7 heavy (non-hydrogen) atoms. The van der Waals surface area contributed by atoms with E-state index in [9.17, 15) is 8.78 Å². The number of rotatable bonds is 0. The van der Waals surface area contributed by atoms with E-state index in [2.05, 4.69) is 9.59 Å². The van der Waals surface area contributed by atoms with E-state index in [-0.39, 0.29) is 0 Å². The fourth-order valence-electron chi connectivity index (χ4n) is 0.169. The summed E-state index contributed by atoms with van der Waals surface area (Å²) in [4.78, 5) is 0. The molecule has 0 spiro atoms. The summed E-state index contributed by atoms with van der Waals surface area (Å²) in [5.74, 6) is -1.12. The minimum atomic E-state index is -1.12. The van der Waals surface area contributed by atoms with E-state index in [0.717, 1.165) is 0 Å². The summed E-state index contributed by atoms with van der Waals surface area (Å²) in [6.45, 7) is 0. The van der Waals surface area contributed by atoms with Crippen LogP contribution in [0.5, 0.6) is 0 Å². The zero-order chi connectivity index (χ0) is 5.28. The molecule has 0 aromatic carbocycles. The highest BCUT2D eigenvalue weighted by molar-refractivity contribution is 7.03. The second kappa shape index (κ2) is 1.49. The average molecular weight is 122 g/mol. The van der Waals surface area contributed by atoms with E-state index >= 15 is 0 Å². The minimum absolute atomic E-state index is 0.402. The Labute approximate surface area is 42.0 Å². The molecule has 5 heteroatoms. The van der Waals surface area contributed by atoms with Crippen molar-refractivity contribution in [3.05, 3.63) is 11.1 Å². The standard InChI is InChI=1S/C2F2N2S/c3-1-2(4)7-6-5-1. The van der Waals surface area contributed by atoms with E-state index in [0.29, 0.717) is 11.5 Å². The number of aromatic nitrogens is 2. The van der Waals surface area contributed by atoms with E-state index in [1.54, 1.807) is 0 Å². The number of hydrogen-bond donors (Lipinski definition) is 0. The number of halogens is 2. The zero-order valence-corrected chi connectivity index (χ0v) is 3.88. The molecule has 38 valence electrons. The highest BCUT2D eigenvalue weighted by Crippen LogP contribution is 2.02. The summed E-state index contributed by atoms with van der Waals surface area (Å²) < 4.78 is 26.1. The minimum Gasteiger partial charge on any atom is -0.188 e. The molecule has 1 aromatic heterocycles. The van der Waals surface area contributed by atoms with E-state index < -0.39 is 11.1 Å². The summed E-state index contributed by atoms with van der Waals surface area (Å²) in [5.41, 5.74) is 0. The molecular weight excluding hydrogens is 122 g/mol. The molecule has 0 atom stereocenters. The molecule has 0 amide bonds. The van der Waals surface area contributed by atoms with Gasteiger partial charge in [0.2, 0.25) is 0 Å². The monoisotopic (exact) mass is 122 g/mol. The van der Waals surface area contributed by atoms with Gasteiger partial charge in [-0.1, -0.05) is 4.49 Å². The summed E-state index contributed by atoms with van der Waals surface area (Å²) in [6.07, 6.45) is 0. The molecule has 0 N–H and O–H groups in total. The number of hydrogen-bond acceptors (Lipinski definition) is 3. The summed E-state index contributed by atoms with van der Waals surface area (Å²) in [7, 11) is 0. The van der Waals surface area contributed by atoms with Gasteiger partial charge in [0.05, 0.1) is 0 Å². The van der Waals surface area contributed by atoms with Gasteiger partial charge in [0.25, 0.3) is 11.1 Å². The molecule has 0 saturated heterocycles. The Kier molecular flexibility index (Phi) is 0.976. The van der Waals surface area contributed by atoms with Gasteiger partial charge in [0, 0.05) is 11.5 Å². The van der Waals surface area contributed by atoms with Crippen molar-refractivity contribution in [1.82, 2.24) is 9.59 Å². The lowest BCUT2D eigenvalue weighted by molar-refractivity contribution is 0.497. The van der Waals surface area contributed by atoms with Gasteiger partial charge in [-0.05, 0) is 0 Å². The normalized spacial score (nSPS) is 9.43. The average Bonchev–Trinajstić information content (AvgIpc) is 1.91. The van der Waals surface area contributed by atoms with Crippen LogP contribution in [0.3, 0.4) is 0 Å². The smallest absolute Gasteiger partial charge is 0.188 e. The lowest BCUT2D eigenvalue weighted by Crippen LogP contribution is -1.72. The molecule has 0 aliphatic carbocycles. The molecule has 0 fully saturated rings. The molecular formula is C2F2N2S. The highest BCUT2D eigenvalue weighted by atomic mass is 32.1. The van der Waals surface area contributed by atoms with Crippen LogP contribution in [0.15, 0.2) is 0 Å². The van der Waals surface area contributed by atoms with Crippen molar-refractivity contribution in [3.63, 3.8) is 0 Å². The van der Waals surface area contributed by atoms with E-state index in [1.807, 2.05) is 0 Å². The largest absolute Gasteiger partial charge is 0.281 e. The summed E-state index contributed by atoms with van der Waals surface area (Å²) in [6, 6.07) is 0. The van der Waals surface area contributed by atoms with E-state index in [4.69, 9.17) is 0 Å². The first kappa shape index (κ1) is 4.58. The van der Waals surface area contributed by atoms with Crippen molar-refractivity contribution in [2.24, 2.45) is 0 Å². The van der Waals surface area contributed by atoms with Crippen LogP contribution < -0.4 is 0 Å². The van der Waals surface area contributed by atoms with Gasteiger partial charge in [-0.2, -0.15) is 8.78 Å². The molecule has 1 rings (SSSR count). The topological polar surface area (TPSA) is 25.8 Å². The van der Waals surface area contributed by atoms with Gasteiger partial charge < -0.3 is 0 Å². The van der Waals surface area contributed by atoms with Crippen molar-refractivity contribution in [2.75, 3.05) is 0 Å². The van der Waals surface area contributed by atoms with Crippen molar-refractivity contribution >= 4 is 11.5 Å². The van der Waals surface area contributed by atoms with Crippen molar-refractivity contribution in [1.29, 1.82) is 0 Å². The van der Waals surface area contributed by atoms with Crippen LogP contribution >= 0.6 is 11.5 Å². The maximum Gasteiger partial charge on any atom is 0.281 e. The molecule has 0 bridgehead atoms. The second-order valence-corrected chi connectivity index (χ2v) is 1.54. The third-order valence-electron chi connectivity index (χ3n) is 0.412. The van der Waals surface area contributed by atoms with Crippen LogP contribution in [0.1, 0.15) is 0 Å². The van der Waals surface area contributed by atoms with Crippen LogP contribution in [0.2, 0.25) is 0 Å². The maximum absolute atomic E-state index is 11.6. The molecule has 0 aliphatic heterocycles. The Balaban J connectivity index is 3.12. The first-order valence-corrected chi connectivity index (χ1v) is 2.21. The van der Waals surface area contributed by atoms with E-state index in [1.165, 1.54) is 0 Å².